The van der Waals surface area contributed by atoms with Crippen molar-refractivity contribution in [3.63, 3.8) is 0 Å². The van der Waals surface area contributed by atoms with Crippen LogP contribution in [0.25, 0.3) is 0 Å². The second-order valence-corrected chi connectivity index (χ2v) is 9.06. The summed E-state index contributed by atoms with van der Waals surface area (Å²) < 4.78 is 19.1. The molecule has 0 bridgehead atoms. The maximum Gasteiger partial charge on any atom is 0.231 e. The van der Waals surface area contributed by atoms with Crippen LogP contribution in [0.5, 0.6) is 11.5 Å². The topological polar surface area (TPSA) is 73.1 Å². The van der Waals surface area contributed by atoms with Crippen LogP contribution in [0.15, 0.2) is 35.6 Å². The minimum atomic E-state index is 0. The van der Waals surface area contributed by atoms with Gasteiger partial charge in [-0.05, 0) is 30.5 Å². The first-order valence-corrected chi connectivity index (χ1v) is 11.6. The average molecular weight is 567 g/mol. The Morgan fingerprint density at radius 3 is 2.79 bits per heavy atom. The summed E-state index contributed by atoms with van der Waals surface area (Å²) in [5, 5.41) is 8.02. The van der Waals surface area contributed by atoms with E-state index >= 15 is 0 Å². The number of aryl methyl sites for hydroxylation is 1. The molecule has 1 N–H and O–H groups in total. The molecule has 0 radical (unpaired) electrons. The summed E-state index contributed by atoms with van der Waals surface area (Å²) in [6, 6.07) is 6.46. The third-order valence-corrected chi connectivity index (χ3v) is 7.05. The highest BCUT2D eigenvalue weighted by atomic mass is 127. The van der Waals surface area contributed by atoms with Crippen LogP contribution < -0.4 is 14.8 Å². The van der Waals surface area contributed by atoms with Gasteiger partial charge in [0.05, 0.1) is 19.3 Å². The minimum Gasteiger partial charge on any atom is -0.454 e. The largest absolute Gasteiger partial charge is 0.454 e. The van der Waals surface area contributed by atoms with Crippen LogP contribution in [0.4, 0.5) is 0 Å². The second-order valence-electron chi connectivity index (χ2n) is 9.06. The van der Waals surface area contributed by atoms with E-state index in [1.54, 1.807) is 0 Å². The van der Waals surface area contributed by atoms with E-state index in [9.17, 15) is 0 Å². The molecule has 1 aromatic carbocycles. The zero-order chi connectivity index (χ0) is 22.0. The van der Waals surface area contributed by atoms with Crippen LogP contribution in [-0.2, 0) is 17.2 Å². The number of rotatable bonds is 4. The first-order chi connectivity index (χ1) is 15.7. The summed E-state index contributed by atoms with van der Waals surface area (Å²) in [5.41, 5.74) is 2.51. The molecule has 3 aliphatic rings. The summed E-state index contributed by atoms with van der Waals surface area (Å²) in [4.78, 5) is 6.93. The number of morpholine rings is 1. The predicted molar refractivity (Wildman–Crippen MR) is 138 cm³/mol. The molecule has 9 heteroatoms. The number of aromatic nitrogens is 2. The Labute approximate surface area is 212 Å². The fourth-order valence-electron chi connectivity index (χ4n) is 5.25. The number of aliphatic imine (C=N–C) groups is 1. The monoisotopic (exact) mass is 567 g/mol. The van der Waals surface area contributed by atoms with E-state index in [-0.39, 0.29) is 35.5 Å². The zero-order valence-corrected chi connectivity index (χ0v) is 21.8. The number of nitrogens with zero attached hydrogens (tertiary/aromatic N) is 4. The van der Waals surface area contributed by atoms with Crippen molar-refractivity contribution in [3.8, 4) is 11.5 Å². The second kappa shape index (κ2) is 10.5. The van der Waals surface area contributed by atoms with E-state index < -0.39 is 0 Å². The first-order valence-electron chi connectivity index (χ1n) is 11.6. The zero-order valence-electron chi connectivity index (χ0n) is 19.5. The van der Waals surface area contributed by atoms with E-state index in [4.69, 9.17) is 14.2 Å². The number of hydrogen-bond donors (Lipinski definition) is 1. The quantitative estimate of drug-likeness (QED) is 0.346. The highest BCUT2D eigenvalue weighted by molar-refractivity contribution is 14.0. The summed E-state index contributed by atoms with van der Waals surface area (Å²) >= 11 is 0. The Balaban J connectivity index is 0.00000259. The van der Waals surface area contributed by atoms with Crippen molar-refractivity contribution in [1.29, 1.82) is 0 Å². The van der Waals surface area contributed by atoms with Gasteiger partial charge in [-0.25, -0.2) is 0 Å². The van der Waals surface area contributed by atoms with Crippen LogP contribution in [0.3, 0.4) is 0 Å². The van der Waals surface area contributed by atoms with Gasteiger partial charge in [-0.15, -0.1) is 24.0 Å². The van der Waals surface area contributed by atoms with Crippen LogP contribution in [-0.4, -0.2) is 60.7 Å². The molecule has 1 saturated carbocycles. The molecular formula is C24H34IN5O3. The van der Waals surface area contributed by atoms with Gasteiger partial charge < -0.3 is 24.4 Å². The Morgan fingerprint density at radius 2 is 2.03 bits per heavy atom. The van der Waals surface area contributed by atoms with Gasteiger partial charge in [-0.1, -0.05) is 25.3 Å². The number of guanidine groups is 1. The van der Waals surface area contributed by atoms with Crippen molar-refractivity contribution in [2.45, 2.75) is 43.6 Å². The lowest BCUT2D eigenvalue weighted by atomic mass is 9.69. The summed E-state index contributed by atoms with van der Waals surface area (Å²) in [7, 11) is 3.80. The lowest BCUT2D eigenvalue weighted by Crippen LogP contribution is -2.51. The molecule has 8 nitrogen and oxygen atoms in total. The van der Waals surface area contributed by atoms with Crippen molar-refractivity contribution in [3.05, 3.63) is 41.7 Å². The van der Waals surface area contributed by atoms with Gasteiger partial charge in [0, 0.05) is 44.4 Å². The highest BCUT2D eigenvalue weighted by Gasteiger charge is 2.36. The molecule has 2 fully saturated rings. The van der Waals surface area contributed by atoms with Gasteiger partial charge in [0.25, 0.3) is 0 Å². The maximum atomic E-state index is 6.02. The molecule has 180 valence electrons. The number of ether oxygens (including phenoxy) is 3. The van der Waals surface area contributed by atoms with Gasteiger partial charge in [0.15, 0.2) is 17.5 Å². The average Bonchev–Trinajstić information content (AvgIpc) is 3.49. The Hall–Kier alpha value is -2.01. The molecule has 2 aromatic rings. The van der Waals surface area contributed by atoms with Gasteiger partial charge in [0.1, 0.15) is 6.10 Å². The molecule has 1 unspecified atom stereocenters. The Morgan fingerprint density at radius 1 is 1.21 bits per heavy atom. The molecule has 1 saturated heterocycles. The molecule has 0 amide bonds. The molecule has 3 heterocycles. The lowest BCUT2D eigenvalue weighted by Gasteiger charge is -2.40. The van der Waals surface area contributed by atoms with Crippen molar-refractivity contribution in [1.82, 2.24) is 20.0 Å². The van der Waals surface area contributed by atoms with Gasteiger partial charge in [-0.3, -0.25) is 9.67 Å². The number of hydrogen-bond acceptors (Lipinski definition) is 5. The van der Waals surface area contributed by atoms with Crippen molar-refractivity contribution in [2.24, 2.45) is 12.0 Å². The van der Waals surface area contributed by atoms with Crippen molar-refractivity contribution in [2.75, 3.05) is 40.1 Å². The third-order valence-electron chi connectivity index (χ3n) is 7.05. The number of fused-ring (bicyclic) bond motifs is 1. The molecule has 33 heavy (non-hydrogen) atoms. The third kappa shape index (κ3) is 5.08. The van der Waals surface area contributed by atoms with Crippen molar-refractivity contribution < 1.29 is 14.2 Å². The van der Waals surface area contributed by atoms with Crippen LogP contribution >= 0.6 is 24.0 Å². The molecule has 5 rings (SSSR count). The SMILES string of the molecule is CN=C(NCC1(c2ccc3c(c2)OCO3)CCCCC1)N1CCOC(c2cnn(C)c2)C1.I. The summed E-state index contributed by atoms with van der Waals surface area (Å²) in [6.07, 6.45) is 10.0. The Bertz CT molecular complexity index is 973. The molecular weight excluding hydrogens is 533 g/mol. The van der Waals surface area contributed by atoms with E-state index in [0.29, 0.717) is 13.4 Å². The minimum absolute atomic E-state index is 0. The molecule has 1 aromatic heterocycles. The Kier molecular flexibility index (Phi) is 7.68. The van der Waals surface area contributed by atoms with Crippen molar-refractivity contribution >= 4 is 29.9 Å². The van der Waals surface area contributed by atoms with Crippen LogP contribution in [0, 0.1) is 0 Å². The van der Waals surface area contributed by atoms with E-state index in [1.165, 1.54) is 24.8 Å². The smallest absolute Gasteiger partial charge is 0.231 e. The number of benzene rings is 1. The van der Waals surface area contributed by atoms with Gasteiger partial charge >= 0.3 is 0 Å². The molecule has 0 spiro atoms. The predicted octanol–water partition coefficient (Wildman–Crippen LogP) is 3.62. The number of nitrogens with one attached hydrogen (secondary N) is 1. The summed E-state index contributed by atoms with van der Waals surface area (Å²) in [5.74, 6) is 2.65. The fraction of sp³-hybridized carbons (Fsp3) is 0.583. The standard InChI is InChI=1S/C24H33N5O3.HI/c1-25-23(29-10-11-30-22(15-29)18-13-27-28(2)14-18)26-16-24(8-4-3-5-9-24)19-6-7-20-21(12-19)32-17-31-20;/h6-7,12-14,22H,3-5,8-11,15-17H2,1-2H3,(H,25,26);1H. The van der Waals surface area contributed by atoms with E-state index in [2.05, 4.69) is 38.5 Å². The summed E-state index contributed by atoms with van der Waals surface area (Å²) in [6.45, 7) is 3.43. The normalized spacial score (nSPS) is 22.1. The van der Waals surface area contributed by atoms with Gasteiger partial charge in [0.2, 0.25) is 6.79 Å². The van der Waals surface area contributed by atoms with E-state index in [1.807, 2.05) is 31.2 Å². The molecule has 1 atom stereocenters. The molecule has 1 aliphatic carbocycles. The van der Waals surface area contributed by atoms with E-state index in [0.717, 1.165) is 55.5 Å². The van der Waals surface area contributed by atoms with Crippen LogP contribution in [0.1, 0.15) is 49.3 Å². The lowest BCUT2D eigenvalue weighted by molar-refractivity contribution is -0.00815. The maximum absolute atomic E-state index is 6.02. The first kappa shape index (κ1) is 24.1. The highest BCUT2D eigenvalue weighted by Crippen LogP contribution is 2.43. The fourth-order valence-corrected chi connectivity index (χ4v) is 5.25. The number of halogens is 1. The van der Waals surface area contributed by atoms with Gasteiger partial charge in [-0.2, -0.15) is 5.10 Å². The van der Waals surface area contributed by atoms with Crippen LogP contribution in [0.2, 0.25) is 0 Å². The molecule has 2 aliphatic heterocycles.